The summed E-state index contributed by atoms with van der Waals surface area (Å²) in [7, 11) is 0. The molecule has 0 aromatic heterocycles. The van der Waals surface area contributed by atoms with Gasteiger partial charge in [-0.05, 0) is 62.7 Å². The largest absolute Gasteiger partial charge is 0.330 e. The maximum absolute atomic E-state index is 5.72. The first-order chi connectivity index (χ1) is 9.74. The van der Waals surface area contributed by atoms with Crippen LogP contribution in [0, 0.1) is 5.92 Å². The topological polar surface area (TPSA) is 29.3 Å². The van der Waals surface area contributed by atoms with Crippen LogP contribution in [0.2, 0.25) is 0 Å². The van der Waals surface area contributed by atoms with Gasteiger partial charge in [-0.15, -0.1) is 0 Å². The van der Waals surface area contributed by atoms with Crippen LogP contribution in [0.25, 0.3) is 0 Å². The van der Waals surface area contributed by atoms with E-state index in [1.54, 1.807) is 0 Å². The van der Waals surface area contributed by atoms with Crippen LogP contribution in [0.4, 0.5) is 0 Å². The van der Waals surface area contributed by atoms with E-state index in [4.69, 9.17) is 5.73 Å². The first-order valence-electron chi connectivity index (χ1n) is 8.27. The summed E-state index contributed by atoms with van der Waals surface area (Å²) < 4.78 is 0. The second kappa shape index (κ2) is 7.80. The van der Waals surface area contributed by atoms with Crippen LogP contribution >= 0.6 is 0 Å². The van der Waals surface area contributed by atoms with Gasteiger partial charge in [0, 0.05) is 12.6 Å². The standard InChI is InChI=1S/C18H30N2/c1-3-5-16-7-9-18(10-8-16)15(2)20-13-4-6-17(14-20)11-12-19/h7-10,15,17H,3-6,11-14,19H2,1-2H3. The molecule has 2 rings (SSSR count). The first-order valence-corrected chi connectivity index (χ1v) is 8.27. The zero-order valence-electron chi connectivity index (χ0n) is 13.1. The number of benzene rings is 1. The maximum Gasteiger partial charge on any atom is 0.0319 e. The fourth-order valence-corrected chi connectivity index (χ4v) is 3.38. The Labute approximate surface area is 124 Å². The summed E-state index contributed by atoms with van der Waals surface area (Å²) in [6, 6.07) is 9.78. The fourth-order valence-electron chi connectivity index (χ4n) is 3.38. The molecule has 1 fully saturated rings. The molecule has 20 heavy (non-hydrogen) atoms. The van der Waals surface area contributed by atoms with E-state index in [9.17, 15) is 0 Å². The quantitative estimate of drug-likeness (QED) is 0.856. The van der Waals surface area contributed by atoms with Gasteiger partial charge in [0.15, 0.2) is 0 Å². The number of hydrogen-bond donors (Lipinski definition) is 1. The Balaban J connectivity index is 1.97. The van der Waals surface area contributed by atoms with Gasteiger partial charge in [0.25, 0.3) is 0 Å². The minimum absolute atomic E-state index is 0.534. The molecule has 2 unspecified atom stereocenters. The molecule has 0 radical (unpaired) electrons. The molecule has 1 aromatic rings. The summed E-state index contributed by atoms with van der Waals surface area (Å²) in [6.07, 6.45) is 6.27. The molecule has 1 saturated heterocycles. The van der Waals surface area contributed by atoms with E-state index < -0.39 is 0 Å². The zero-order valence-corrected chi connectivity index (χ0v) is 13.1. The average molecular weight is 274 g/mol. The summed E-state index contributed by atoms with van der Waals surface area (Å²) in [5.74, 6) is 0.801. The Hall–Kier alpha value is -0.860. The monoisotopic (exact) mass is 274 g/mol. The minimum atomic E-state index is 0.534. The fraction of sp³-hybridized carbons (Fsp3) is 0.667. The predicted molar refractivity (Wildman–Crippen MR) is 86.8 cm³/mol. The second-order valence-corrected chi connectivity index (χ2v) is 6.25. The lowest BCUT2D eigenvalue weighted by Crippen LogP contribution is -2.37. The summed E-state index contributed by atoms with van der Waals surface area (Å²) in [4.78, 5) is 2.64. The van der Waals surface area contributed by atoms with Crippen LogP contribution in [0.3, 0.4) is 0 Å². The third kappa shape index (κ3) is 4.07. The van der Waals surface area contributed by atoms with Gasteiger partial charge in [-0.2, -0.15) is 0 Å². The van der Waals surface area contributed by atoms with E-state index in [1.807, 2.05) is 0 Å². The molecule has 0 bridgehead atoms. The molecular weight excluding hydrogens is 244 g/mol. The molecule has 1 heterocycles. The van der Waals surface area contributed by atoms with Gasteiger partial charge in [0.05, 0.1) is 0 Å². The molecule has 2 N–H and O–H groups in total. The molecule has 0 saturated carbocycles. The Bertz CT molecular complexity index is 383. The van der Waals surface area contributed by atoms with Crippen molar-refractivity contribution in [1.29, 1.82) is 0 Å². The van der Waals surface area contributed by atoms with E-state index in [2.05, 4.69) is 43.0 Å². The van der Waals surface area contributed by atoms with Crippen molar-refractivity contribution in [2.45, 2.75) is 52.0 Å². The molecule has 0 aliphatic carbocycles. The van der Waals surface area contributed by atoms with E-state index in [0.29, 0.717) is 6.04 Å². The highest BCUT2D eigenvalue weighted by Crippen LogP contribution is 2.28. The Morgan fingerprint density at radius 3 is 2.70 bits per heavy atom. The third-order valence-corrected chi connectivity index (χ3v) is 4.67. The smallest absolute Gasteiger partial charge is 0.0319 e. The van der Waals surface area contributed by atoms with Crippen LogP contribution < -0.4 is 5.73 Å². The van der Waals surface area contributed by atoms with Crippen LogP contribution in [-0.2, 0) is 6.42 Å². The van der Waals surface area contributed by atoms with Crippen LogP contribution in [0.5, 0.6) is 0 Å². The van der Waals surface area contributed by atoms with Gasteiger partial charge in [0.2, 0.25) is 0 Å². The van der Waals surface area contributed by atoms with Crippen molar-refractivity contribution in [3.8, 4) is 0 Å². The van der Waals surface area contributed by atoms with Crippen molar-refractivity contribution in [3.05, 3.63) is 35.4 Å². The molecule has 1 aromatic carbocycles. The number of nitrogens with zero attached hydrogens (tertiary/aromatic N) is 1. The van der Waals surface area contributed by atoms with Crippen LogP contribution in [0.1, 0.15) is 56.7 Å². The maximum atomic E-state index is 5.72. The summed E-state index contributed by atoms with van der Waals surface area (Å²) in [5, 5.41) is 0. The number of likely N-dealkylation sites (tertiary alicyclic amines) is 1. The molecule has 2 heteroatoms. The lowest BCUT2D eigenvalue weighted by molar-refractivity contribution is 0.128. The summed E-state index contributed by atoms with van der Waals surface area (Å²) in [5.41, 5.74) is 8.64. The van der Waals surface area contributed by atoms with Crippen molar-refractivity contribution in [1.82, 2.24) is 4.90 Å². The van der Waals surface area contributed by atoms with E-state index in [1.165, 1.54) is 56.3 Å². The molecule has 2 nitrogen and oxygen atoms in total. The van der Waals surface area contributed by atoms with Crippen LogP contribution in [-0.4, -0.2) is 24.5 Å². The molecule has 2 atom stereocenters. The summed E-state index contributed by atoms with van der Waals surface area (Å²) in [6.45, 7) is 7.87. The van der Waals surface area contributed by atoms with E-state index >= 15 is 0 Å². The van der Waals surface area contributed by atoms with E-state index in [-0.39, 0.29) is 0 Å². The predicted octanol–water partition coefficient (Wildman–Crippen LogP) is 3.76. The average Bonchev–Trinajstić information content (AvgIpc) is 2.48. The van der Waals surface area contributed by atoms with Gasteiger partial charge in [0.1, 0.15) is 0 Å². The van der Waals surface area contributed by atoms with Gasteiger partial charge < -0.3 is 5.73 Å². The second-order valence-electron chi connectivity index (χ2n) is 6.25. The highest BCUT2D eigenvalue weighted by atomic mass is 15.2. The van der Waals surface area contributed by atoms with Crippen molar-refractivity contribution >= 4 is 0 Å². The first kappa shape index (κ1) is 15.5. The van der Waals surface area contributed by atoms with Gasteiger partial charge in [-0.1, -0.05) is 37.6 Å². The Kier molecular flexibility index (Phi) is 6.06. The lowest BCUT2D eigenvalue weighted by atomic mass is 9.92. The van der Waals surface area contributed by atoms with Gasteiger partial charge in [-0.3, -0.25) is 4.90 Å². The summed E-state index contributed by atoms with van der Waals surface area (Å²) >= 11 is 0. The molecule has 1 aliphatic rings. The molecular formula is C18H30N2. The van der Waals surface area contributed by atoms with Crippen molar-refractivity contribution < 1.29 is 0 Å². The zero-order chi connectivity index (χ0) is 14.4. The van der Waals surface area contributed by atoms with Gasteiger partial charge >= 0.3 is 0 Å². The normalized spacial score (nSPS) is 21.9. The van der Waals surface area contributed by atoms with Crippen molar-refractivity contribution in [3.63, 3.8) is 0 Å². The van der Waals surface area contributed by atoms with Crippen molar-refractivity contribution in [2.75, 3.05) is 19.6 Å². The third-order valence-electron chi connectivity index (χ3n) is 4.67. The number of piperidine rings is 1. The number of rotatable bonds is 6. The highest BCUT2D eigenvalue weighted by molar-refractivity contribution is 5.25. The SMILES string of the molecule is CCCc1ccc(C(C)N2CCCC(CCN)C2)cc1. The molecule has 0 amide bonds. The lowest BCUT2D eigenvalue weighted by Gasteiger charge is -2.37. The minimum Gasteiger partial charge on any atom is -0.330 e. The molecule has 1 aliphatic heterocycles. The highest BCUT2D eigenvalue weighted by Gasteiger charge is 2.23. The Morgan fingerprint density at radius 1 is 1.30 bits per heavy atom. The number of hydrogen-bond acceptors (Lipinski definition) is 2. The molecule has 0 spiro atoms. The molecule has 112 valence electrons. The van der Waals surface area contributed by atoms with Crippen molar-refractivity contribution in [2.24, 2.45) is 11.7 Å². The van der Waals surface area contributed by atoms with Gasteiger partial charge in [-0.25, -0.2) is 0 Å². The van der Waals surface area contributed by atoms with Crippen LogP contribution in [0.15, 0.2) is 24.3 Å². The Morgan fingerprint density at radius 2 is 2.05 bits per heavy atom. The number of aryl methyl sites for hydroxylation is 1. The van der Waals surface area contributed by atoms with E-state index in [0.717, 1.165) is 12.5 Å². The number of nitrogens with two attached hydrogens (primary N) is 1.